The molecule has 2 aromatic carbocycles. The van der Waals surface area contributed by atoms with Crippen molar-refractivity contribution in [3.63, 3.8) is 0 Å². The van der Waals surface area contributed by atoms with E-state index in [1.165, 1.54) is 11.3 Å². The lowest BCUT2D eigenvalue weighted by Gasteiger charge is -2.07. The average molecular weight is 368 g/mol. The van der Waals surface area contributed by atoms with E-state index in [-0.39, 0.29) is 0 Å². The highest BCUT2D eigenvalue weighted by Crippen LogP contribution is 2.28. The van der Waals surface area contributed by atoms with Crippen LogP contribution in [0, 0.1) is 11.3 Å². The third-order valence-electron chi connectivity index (χ3n) is 3.47. The summed E-state index contributed by atoms with van der Waals surface area (Å²) in [5.41, 5.74) is 3.01. The van der Waals surface area contributed by atoms with Gasteiger partial charge in [0.1, 0.15) is 22.4 Å². The topological polar surface area (TPSA) is 57.9 Å². The SMILES string of the molecule is COc1ccccc1N/C=C(\C#N)c1nc(-c2ccc(Cl)cc2)cs1. The van der Waals surface area contributed by atoms with Crippen LogP contribution < -0.4 is 10.1 Å². The summed E-state index contributed by atoms with van der Waals surface area (Å²) in [5, 5.41) is 15.8. The second-order valence-corrected chi connectivity index (χ2v) is 6.35. The second kappa shape index (κ2) is 7.84. The Balaban J connectivity index is 1.84. The van der Waals surface area contributed by atoms with Crippen LogP contribution in [-0.4, -0.2) is 12.1 Å². The Morgan fingerprint density at radius 2 is 2.00 bits per heavy atom. The molecule has 0 saturated carbocycles. The fraction of sp³-hybridized carbons (Fsp3) is 0.0526. The van der Waals surface area contributed by atoms with Gasteiger partial charge in [-0.15, -0.1) is 11.3 Å². The van der Waals surface area contributed by atoms with Crippen molar-refractivity contribution in [2.45, 2.75) is 0 Å². The number of nitrogens with zero attached hydrogens (tertiary/aromatic N) is 2. The van der Waals surface area contributed by atoms with Crippen molar-refractivity contribution < 1.29 is 4.74 Å². The number of anilines is 1. The highest BCUT2D eigenvalue weighted by Gasteiger charge is 2.09. The normalized spacial score (nSPS) is 11.0. The van der Waals surface area contributed by atoms with Gasteiger partial charge in [-0.2, -0.15) is 5.26 Å². The summed E-state index contributed by atoms with van der Waals surface area (Å²) in [5.74, 6) is 0.706. The number of aromatic nitrogens is 1. The Kier molecular flexibility index (Phi) is 5.34. The lowest BCUT2D eigenvalue weighted by molar-refractivity contribution is 0.417. The summed E-state index contributed by atoms with van der Waals surface area (Å²) in [7, 11) is 1.61. The summed E-state index contributed by atoms with van der Waals surface area (Å²) in [6, 6.07) is 17.2. The van der Waals surface area contributed by atoms with Crippen LogP contribution in [0.1, 0.15) is 5.01 Å². The van der Waals surface area contributed by atoms with Crippen molar-refractivity contribution in [1.82, 2.24) is 4.98 Å². The zero-order chi connectivity index (χ0) is 17.6. The number of ether oxygens (including phenoxy) is 1. The van der Waals surface area contributed by atoms with Gasteiger partial charge in [-0.3, -0.25) is 0 Å². The number of para-hydroxylation sites is 2. The molecule has 1 N–H and O–H groups in total. The smallest absolute Gasteiger partial charge is 0.142 e. The minimum Gasteiger partial charge on any atom is -0.495 e. The maximum absolute atomic E-state index is 9.46. The van der Waals surface area contributed by atoms with E-state index in [2.05, 4.69) is 16.4 Å². The number of benzene rings is 2. The van der Waals surface area contributed by atoms with Crippen molar-refractivity contribution in [3.8, 4) is 23.1 Å². The summed E-state index contributed by atoms with van der Waals surface area (Å²) in [4.78, 5) is 4.55. The van der Waals surface area contributed by atoms with Gasteiger partial charge in [-0.25, -0.2) is 4.98 Å². The molecule has 25 heavy (non-hydrogen) atoms. The van der Waals surface area contributed by atoms with Gasteiger partial charge in [0.05, 0.1) is 18.5 Å². The lowest BCUT2D eigenvalue weighted by Crippen LogP contribution is -1.94. The van der Waals surface area contributed by atoms with Crippen LogP contribution in [0.2, 0.25) is 5.02 Å². The Bertz CT molecular complexity index is 942. The van der Waals surface area contributed by atoms with E-state index in [1.807, 2.05) is 53.9 Å². The maximum Gasteiger partial charge on any atom is 0.142 e. The number of nitrogens with one attached hydrogen (secondary N) is 1. The van der Waals surface area contributed by atoms with Crippen LogP contribution in [0.3, 0.4) is 0 Å². The number of methoxy groups -OCH3 is 1. The monoisotopic (exact) mass is 367 g/mol. The van der Waals surface area contributed by atoms with Crippen molar-refractivity contribution in [3.05, 3.63) is 70.1 Å². The van der Waals surface area contributed by atoms with Gasteiger partial charge >= 0.3 is 0 Å². The van der Waals surface area contributed by atoms with Gasteiger partial charge in [0, 0.05) is 22.2 Å². The molecular formula is C19H14ClN3OS. The molecule has 0 bridgehead atoms. The predicted molar refractivity (Wildman–Crippen MR) is 103 cm³/mol. The molecule has 0 saturated heterocycles. The Morgan fingerprint density at radius 1 is 1.24 bits per heavy atom. The number of nitriles is 1. The molecule has 0 amide bonds. The first kappa shape index (κ1) is 17.0. The Hall–Kier alpha value is -2.81. The fourth-order valence-corrected chi connectivity index (χ4v) is 3.13. The van der Waals surface area contributed by atoms with Crippen LogP contribution >= 0.6 is 22.9 Å². The third kappa shape index (κ3) is 4.00. The van der Waals surface area contributed by atoms with Gasteiger partial charge in [0.2, 0.25) is 0 Å². The molecule has 1 heterocycles. The number of thiazole rings is 1. The molecule has 6 heteroatoms. The summed E-state index contributed by atoms with van der Waals surface area (Å²) < 4.78 is 5.29. The number of hydrogen-bond acceptors (Lipinski definition) is 5. The van der Waals surface area contributed by atoms with Crippen LogP contribution in [-0.2, 0) is 0 Å². The zero-order valence-electron chi connectivity index (χ0n) is 13.4. The predicted octanol–water partition coefficient (Wildman–Crippen LogP) is 5.45. The first-order valence-electron chi connectivity index (χ1n) is 7.43. The molecule has 3 rings (SSSR count). The molecule has 4 nitrogen and oxygen atoms in total. The standard InChI is InChI=1S/C19H14ClN3OS/c1-24-18-5-3-2-4-16(18)22-11-14(10-21)19-23-17(12-25-19)13-6-8-15(20)9-7-13/h2-9,11-12,22H,1H3/b14-11+. The maximum atomic E-state index is 9.46. The number of rotatable bonds is 5. The lowest BCUT2D eigenvalue weighted by atomic mass is 10.2. The molecule has 0 unspecified atom stereocenters. The van der Waals surface area contributed by atoms with Crippen LogP contribution in [0.25, 0.3) is 16.8 Å². The van der Waals surface area contributed by atoms with Gasteiger partial charge in [-0.1, -0.05) is 35.9 Å². The summed E-state index contributed by atoms with van der Waals surface area (Å²) in [6.07, 6.45) is 1.64. The van der Waals surface area contributed by atoms with E-state index in [9.17, 15) is 5.26 Å². The number of hydrogen-bond donors (Lipinski definition) is 1. The zero-order valence-corrected chi connectivity index (χ0v) is 14.9. The first-order valence-corrected chi connectivity index (χ1v) is 8.68. The summed E-state index contributed by atoms with van der Waals surface area (Å²) in [6.45, 7) is 0. The minimum absolute atomic E-state index is 0.455. The molecule has 0 aliphatic rings. The van der Waals surface area contributed by atoms with Gasteiger partial charge < -0.3 is 10.1 Å². The quantitative estimate of drug-likeness (QED) is 0.609. The van der Waals surface area contributed by atoms with E-state index in [1.54, 1.807) is 13.3 Å². The Labute approximate surface area is 155 Å². The molecule has 0 radical (unpaired) electrons. The molecule has 0 fully saturated rings. The molecular weight excluding hydrogens is 354 g/mol. The van der Waals surface area contributed by atoms with Crippen molar-refractivity contribution >= 4 is 34.2 Å². The second-order valence-electron chi connectivity index (χ2n) is 5.06. The van der Waals surface area contributed by atoms with E-state index in [4.69, 9.17) is 16.3 Å². The Morgan fingerprint density at radius 3 is 2.72 bits per heavy atom. The van der Waals surface area contributed by atoms with Crippen LogP contribution in [0.15, 0.2) is 60.1 Å². The van der Waals surface area contributed by atoms with Crippen LogP contribution in [0.4, 0.5) is 5.69 Å². The molecule has 0 aliphatic carbocycles. The minimum atomic E-state index is 0.455. The van der Waals surface area contributed by atoms with Crippen molar-refractivity contribution in [1.29, 1.82) is 5.26 Å². The first-order chi connectivity index (χ1) is 12.2. The number of allylic oxidation sites excluding steroid dienone is 1. The highest BCUT2D eigenvalue weighted by atomic mass is 35.5. The third-order valence-corrected chi connectivity index (χ3v) is 4.60. The van der Waals surface area contributed by atoms with E-state index >= 15 is 0 Å². The van der Waals surface area contributed by atoms with Gasteiger partial charge in [0.15, 0.2) is 0 Å². The molecule has 0 atom stereocenters. The summed E-state index contributed by atoms with van der Waals surface area (Å²) >= 11 is 7.33. The number of halogens is 1. The highest BCUT2D eigenvalue weighted by molar-refractivity contribution is 7.11. The molecule has 1 aromatic heterocycles. The van der Waals surface area contributed by atoms with Crippen molar-refractivity contribution in [2.24, 2.45) is 0 Å². The van der Waals surface area contributed by atoms with E-state index in [0.717, 1.165) is 16.9 Å². The molecule has 0 aliphatic heterocycles. The molecule has 0 spiro atoms. The van der Waals surface area contributed by atoms with Gasteiger partial charge in [0.25, 0.3) is 0 Å². The average Bonchev–Trinajstić information content (AvgIpc) is 3.13. The fourth-order valence-electron chi connectivity index (χ4n) is 2.21. The van der Waals surface area contributed by atoms with E-state index < -0.39 is 0 Å². The largest absolute Gasteiger partial charge is 0.495 e. The molecule has 3 aromatic rings. The van der Waals surface area contributed by atoms with Crippen molar-refractivity contribution in [2.75, 3.05) is 12.4 Å². The molecule has 124 valence electrons. The van der Waals surface area contributed by atoms with Gasteiger partial charge in [-0.05, 0) is 24.3 Å². The van der Waals surface area contributed by atoms with E-state index in [0.29, 0.717) is 21.4 Å². The van der Waals surface area contributed by atoms with Crippen LogP contribution in [0.5, 0.6) is 5.75 Å².